The van der Waals surface area contributed by atoms with Gasteiger partial charge in [-0.2, -0.15) is 0 Å². The van der Waals surface area contributed by atoms with Crippen LogP contribution in [0, 0.1) is 0 Å². The highest BCUT2D eigenvalue weighted by atomic mass is 35.5. The highest BCUT2D eigenvalue weighted by molar-refractivity contribution is 7.91. The van der Waals surface area contributed by atoms with Crippen LogP contribution in [-0.4, -0.2) is 13.4 Å². The largest absolute Gasteiger partial charge is 0.389 e. The minimum atomic E-state index is -3.59. The van der Waals surface area contributed by atoms with Crippen molar-refractivity contribution < 1.29 is 8.42 Å². The molecule has 0 amide bonds. The first-order valence-electron chi connectivity index (χ1n) is 5.53. The quantitative estimate of drug-likeness (QED) is 0.816. The zero-order valence-electron chi connectivity index (χ0n) is 10.2. The Hall–Kier alpha value is -0.990. The molecule has 0 saturated carbocycles. The number of hydrogen-bond donors (Lipinski definition) is 2. The van der Waals surface area contributed by atoms with E-state index in [-0.39, 0.29) is 15.7 Å². The number of thiophene rings is 1. The van der Waals surface area contributed by atoms with Gasteiger partial charge in [0, 0.05) is 11.6 Å². The summed E-state index contributed by atoms with van der Waals surface area (Å²) in [4.78, 5) is 0.751. The summed E-state index contributed by atoms with van der Waals surface area (Å²) < 4.78 is 26.9. The fourth-order valence-corrected chi connectivity index (χ4v) is 4.09. The van der Waals surface area contributed by atoms with Gasteiger partial charge in [-0.15, -0.1) is 11.3 Å². The Morgan fingerprint density at radius 2 is 2.00 bits per heavy atom. The molecule has 1 heterocycles. The Bertz CT molecular complexity index is 741. The number of hydrogen-bond acceptors (Lipinski definition) is 4. The van der Waals surface area contributed by atoms with Gasteiger partial charge < -0.3 is 5.73 Å². The van der Waals surface area contributed by atoms with E-state index in [2.05, 4.69) is 4.72 Å². The van der Waals surface area contributed by atoms with Crippen LogP contribution >= 0.6 is 35.2 Å². The molecule has 0 bridgehead atoms. The summed E-state index contributed by atoms with van der Waals surface area (Å²) in [5.41, 5.74) is 6.18. The van der Waals surface area contributed by atoms with E-state index in [1.807, 2.05) is 0 Å². The van der Waals surface area contributed by atoms with Crippen molar-refractivity contribution in [3.05, 3.63) is 51.9 Å². The molecule has 0 aliphatic carbocycles. The maximum atomic E-state index is 12.1. The lowest BCUT2D eigenvalue weighted by Gasteiger charge is -2.06. The first kappa shape index (κ1) is 15.4. The van der Waals surface area contributed by atoms with Crippen molar-refractivity contribution in [2.24, 2.45) is 5.73 Å². The predicted molar refractivity (Wildman–Crippen MR) is 85.7 cm³/mol. The molecule has 0 radical (unpaired) electrons. The molecular weight excluding hydrogens is 336 g/mol. The van der Waals surface area contributed by atoms with E-state index in [4.69, 9.17) is 29.6 Å². The van der Waals surface area contributed by atoms with Crippen LogP contribution in [-0.2, 0) is 16.6 Å². The fourth-order valence-electron chi connectivity index (χ4n) is 1.48. The maximum Gasteiger partial charge on any atom is 0.250 e. The molecule has 1 aromatic heterocycles. The number of benzene rings is 1. The van der Waals surface area contributed by atoms with Gasteiger partial charge in [0.2, 0.25) is 10.0 Å². The summed E-state index contributed by atoms with van der Waals surface area (Å²) in [6.45, 7) is 0.127. The second kappa shape index (κ2) is 6.19. The van der Waals surface area contributed by atoms with E-state index in [1.54, 1.807) is 30.3 Å². The van der Waals surface area contributed by atoms with Crippen LogP contribution in [0.2, 0.25) is 5.02 Å². The molecule has 0 fully saturated rings. The standard InChI is InChI=1S/C12H11ClN2O2S3/c13-9-4-2-1-3-8(9)7-15-20(16,17)11-6-5-10(19-11)12(14)18/h1-6,15H,7H2,(H2,14,18). The molecule has 0 atom stereocenters. The lowest BCUT2D eigenvalue weighted by Crippen LogP contribution is -2.22. The second-order valence-corrected chi connectivity index (χ2v) is 7.82. The van der Waals surface area contributed by atoms with Gasteiger partial charge in [-0.05, 0) is 23.8 Å². The minimum absolute atomic E-state index is 0.127. The molecule has 4 nitrogen and oxygen atoms in total. The number of halogens is 1. The van der Waals surface area contributed by atoms with Crippen LogP contribution in [0.5, 0.6) is 0 Å². The molecule has 8 heteroatoms. The molecular formula is C12H11ClN2O2S3. The Kier molecular flexibility index (Phi) is 4.77. The maximum absolute atomic E-state index is 12.1. The number of nitrogens with one attached hydrogen (secondary N) is 1. The summed E-state index contributed by atoms with van der Waals surface area (Å²) in [7, 11) is -3.59. The Balaban J connectivity index is 2.15. The SMILES string of the molecule is NC(=S)c1ccc(S(=O)(=O)NCc2ccccc2Cl)s1. The topological polar surface area (TPSA) is 72.2 Å². The molecule has 0 saturated heterocycles. The van der Waals surface area contributed by atoms with Gasteiger partial charge in [0.1, 0.15) is 9.20 Å². The Morgan fingerprint density at radius 3 is 2.60 bits per heavy atom. The van der Waals surface area contributed by atoms with Gasteiger partial charge in [-0.25, -0.2) is 13.1 Å². The van der Waals surface area contributed by atoms with Crippen LogP contribution in [0.15, 0.2) is 40.6 Å². The van der Waals surface area contributed by atoms with Crippen LogP contribution in [0.3, 0.4) is 0 Å². The van der Waals surface area contributed by atoms with Crippen LogP contribution in [0.1, 0.15) is 10.4 Å². The second-order valence-electron chi connectivity index (χ2n) is 3.90. The molecule has 2 aromatic rings. The molecule has 1 aromatic carbocycles. The Morgan fingerprint density at radius 1 is 1.30 bits per heavy atom. The van der Waals surface area contributed by atoms with E-state index < -0.39 is 10.0 Å². The molecule has 3 N–H and O–H groups in total. The third-order valence-corrected chi connectivity index (χ3v) is 6.23. The van der Waals surface area contributed by atoms with Crippen molar-refractivity contribution in [3.63, 3.8) is 0 Å². The van der Waals surface area contributed by atoms with Crippen LogP contribution in [0.25, 0.3) is 0 Å². The summed E-state index contributed by atoms with van der Waals surface area (Å²) in [5.74, 6) is 0. The summed E-state index contributed by atoms with van der Waals surface area (Å²) in [6.07, 6.45) is 0. The normalized spacial score (nSPS) is 11.4. The first-order chi connectivity index (χ1) is 9.40. The van der Waals surface area contributed by atoms with Gasteiger partial charge in [0.05, 0.1) is 4.88 Å². The van der Waals surface area contributed by atoms with Gasteiger partial charge >= 0.3 is 0 Å². The Labute approximate surface area is 131 Å². The van der Waals surface area contributed by atoms with Gasteiger partial charge in [0.15, 0.2) is 0 Å². The molecule has 106 valence electrons. The van der Waals surface area contributed by atoms with Gasteiger partial charge in [-0.1, -0.05) is 42.0 Å². The zero-order chi connectivity index (χ0) is 14.8. The summed E-state index contributed by atoms with van der Waals surface area (Å²) >= 11 is 11.8. The van der Waals surface area contributed by atoms with Crippen molar-refractivity contribution in [3.8, 4) is 0 Å². The van der Waals surface area contributed by atoms with Crippen molar-refractivity contribution >= 4 is 50.2 Å². The summed E-state index contributed by atoms with van der Waals surface area (Å²) in [5, 5.41) is 0.519. The minimum Gasteiger partial charge on any atom is -0.389 e. The van der Waals surface area contributed by atoms with Crippen molar-refractivity contribution in [2.45, 2.75) is 10.8 Å². The third-order valence-electron chi connectivity index (χ3n) is 2.50. The summed E-state index contributed by atoms with van der Waals surface area (Å²) in [6, 6.07) is 10.1. The van der Waals surface area contributed by atoms with Crippen LogP contribution in [0.4, 0.5) is 0 Å². The zero-order valence-corrected chi connectivity index (χ0v) is 13.4. The lowest BCUT2D eigenvalue weighted by atomic mass is 10.2. The monoisotopic (exact) mass is 346 g/mol. The smallest absolute Gasteiger partial charge is 0.250 e. The lowest BCUT2D eigenvalue weighted by molar-refractivity contribution is 0.583. The first-order valence-corrected chi connectivity index (χ1v) is 8.61. The van der Waals surface area contributed by atoms with E-state index in [9.17, 15) is 8.42 Å². The van der Waals surface area contributed by atoms with Gasteiger partial charge in [-0.3, -0.25) is 0 Å². The fraction of sp³-hybridized carbons (Fsp3) is 0.0833. The number of thiocarbonyl (C=S) groups is 1. The highest BCUT2D eigenvalue weighted by Crippen LogP contribution is 2.22. The van der Waals surface area contributed by atoms with E-state index in [0.29, 0.717) is 15.5 Å². The van der Waals surface area contributed by atoms with Gasteiger partial charge in [0.25, 0.3) is 0 Å². The molecule has 0 aliphatic rings. The average molecular weight is 347 g/mol. The number of rotatable bonds is 5. The predicted octanol–water partition coefficient (Wildman–Crippen LogP) is 2.51. The van der Waals surface area contributed by atoms with Crippen molar-refractivity contribution in [1.82, 2.24) is 4.72 Å². The highest BCUT2D eigenvalue weighted by Gasteiger charge is 2.17. The molecule has 0 unspecified atom stereocenters. The molecule has 2 rings (SSSR count). The van der Waals surface area contributed by atoms with E-state index in [1.165, 1.54) is 6.07 Å². The van der Waals surface area contributed by atoms with Crippen molar-refractivity contribution in [2.75, 3.05) is 0 Å². The average Bonchev–Trinajstić information content (AvgIpc) is 2.88. The number of nitrogens with two attached hydrogens (primary N) is 1. The van der Waals surface area contributed by atoms with E-state index in [0.717, 1.165) is 11.3 Å². The molecule has 0 aliphatic heterocycles. The number of sulfonamides is 1. The van der Waals surface area contributed by atoms with Crippen LogP contribution < -0.4 is 10.5 Å². The molecule has 20 heavy (non-hydrogen) atoms. The van der Waals surface area contributed by atoms with Crippen molar-refractivity contribution in [1.29, 1.82) is 0 Å². The third kappa shape index (κ3) is 3.56. The van der Waals surface area contributed by atoms with E-state index >= 15 is 0 Å². The molecule has 0 spiro atoms.